The van der Waals surface area contributed by atoms with E-state index in [9.17, 15) is 4.39 Å². The van der Waals surface area contributed by atoms with Crippen molar-refractivity contribution in [2.45, 2.75) is 6.04 Å². The van der Waals surface area contributed by atoms with Crippen LogP contribution in [0, 0.1) is 5.82 Å². The molecule has 84 valence electrons. The second kappa shape index (κ2) is 3.84. The number of benzene rings is 1. The fourth-order valence-electron chi connectivity index (χ4n) is 1.81. The summed E-state index contributed by atoms with van der Waals surface area (Å²) in [5.41, 5.74) is 0.757. The van der Waals surface area contributed by atoms with E-state index in [1.165, 1.54) is 6.07 Å². The van der Waals surface area contributed by atoms with Gasteiger partial charge in [-0.2, -0.15) is 0 Å². The number of aromatic nitrogens is 1. The first-order valence-corrected chi connectivity index (χ1v) is 5.20. The summed E-state index contributed by atoms with van der Waals surface area (Å²) in [5.74, 6) is 0.104. The van der Waals surface area contributed by atoms with Crippen molar-refractivity contribution >= 4 is 11.1 Å². The zero-order valence-corrected chi connectivity index (χ0v) is 8.57. The fourth-order valence-corrected chi connectivity index (χ4v) is 1.81. The number of rotatable bonds is 1. The van der Waals surface area contributed by atoms with E-state index >= 15 is 0 Å². The van der Waals surface area contributed by atoms with Crippen molar-refractivity contribution in [1.29, 1.82) is 0 Å². The average molecular weight is 222 g/mol. The molecule has 4 nitrogen and oxygen atoms in total. The van der Waals surface area contributed by atoms with Gasteiger partial charge < -0.3 is 14.5 Å². The van der Waals surface area contributed by atoms with E-state index < -0.39 is 0 Å². The summed E-state index contributed by atoms with van der Waals surface area (Å²) in [6, 6.07) is 4.63. The van der Waals surface area contributed by atoms with E-state index in [2.05, 4.69) is 10.3 Å². The lowest BCUT2D eigenvalue weighted by molar-refractivity contribution is 0.0686. The molecule has 2 aromatic rings. The van der Waals surface area contributed by atoms with Crippen LogP contribution >= 0.6 is 0 Å². The Morgan fingerprint density at radius 3 is 3.12 bits per heavy atom. The number of halogens is 1. The van der Waals surface area contributed by atoms with Gasteiger partial charge in [0.2, 0.25) is 5.89 Å². The highest BCUT2D eigenvalue weighted by atomic mass is 19.1. The number of morpholine rings is 1. The first kappa shape index (κ1) is 9.74. The van der Waals surface area contributed by atoms with Crippen molar-refractivity contribution in [3.8, 4) is 0 Å². The molecule has 1 fully saturated rings. The number of fused-ring (bicyclic) bond motifs is 1. The van der Waals surface area contributed by atoms with Crippen LogP contribution in [-0.2, 0) is 4.74 Å². The van der Waals surface area contributed by atoms with Gasteiger partial charge in [-0.1, -0.05) is 6.07 Å². The first-order valence-electron chi connectivity index (χ1n) is 5.20. The van der Waals surface area contributed by atoms with Crippen molar-refractivity contribution in [3.63, 3.8) is 0 Å². The Morgan fingerprint density at radius 1 is 1.44 bits per heavy atom. The summed E-state index contributed by atoms with van der Waals surface area (Å²) in [6.07, 6.45) is 0. The number of para-hydroxylation sites is 1. The number of nitrogens with zero attached hydrogens (tertiary/aromatic N) is 1. The quantitative estimate of drug-likeness (QED) is 0.796. The molecular weight excluding hydrogens is 211 g/mol. The van der Waals surface area contributed by atoms with Gasteiger partial charge in [-0.25, -0.2) is 9.37 Å². The Kier molecular flexibility index (Phi) is 2.34. The van der Waals surface area contributed by atoms with Crippen LogP contribution < -0.4 is 5.32 Å². The highest BCUT2D eigenvalue weighted by molar-refractivity contribution is 5.73. The molecule has 5 heteroatoms. The molecule has 1 unspecified atom stereocenters. The smallest absolute Gasteiger partial charge is 0.215 e. The normalized spacial score (nSPS) is 21.4. The summed E-state index contributed by atoms with van der Waals surface area (Å²) in [4.78, 5) is 4.25. The summed E-state index contributed by atoms with van der Waals surface area (Å²) >= 11 is 0. The van der Waals surface area contributed by atoms with Gasteiger partial charge in [-0.15, -0.1) is 0 Å². The minimum Gasteiger partial charge on any atom is -0.436 e. The molecule has 1 aromatic heterocycles. The van der Waals surface area contributed by atoms with E-state index in [4.69, 9.17) is 9.15 Å². The highest BCUT2D eigenvalue weighted by Crippen LogP contribution is 2.23. The van der Waals surface area contributed by atoms with E-state index in [0.29, 0.717) is 24.6 Å². The van der Waals surface area contributed by atoms with Crippen molar-refractivity contribution < 1.29 is 13.5 Å². The van der Waals surface area contributed by atoms with E-state index in [1.54, 1.807) is 12.1 Å². The van der Waals surface area contributed by atoms with Crippen molar-refractivity contribution in [2.75, 3.05) is 19.8 Å². The molecule has 0 saturated carbocycles. The molecule has 3 rings (SSSR count). The monoisotopic (exact) mass is 222 g/mol. The topological polar surface area (TPSA) is 47.3 Å². The Morgan fingerprint density at radius 2 is 2.38 bits per heavy atom. The molecule has 0 spiro atoms. The van der Waals surface area contributed by atoms with Crippen LogP contribution in [0.15, 0.2) is 22.6 Å². The molecule has 1 aliphatic heterocycles. The van der Waals surface area contributed by atoms with Crippen LogP contribution in [-0.4, -0.2) is 24.7 Å². The maximum absolute atomic E-state index is 13.4. The predicted octanol–water partition coefficient (Wildman–Crippen LogP) is 1.63. The van der Waals surface area contributed by atoms with Gasteiger partial charge in [0.15, 0.2) is 11.4 Å². The lowest BCUT2D eigenvalue weighted by atomic mass is 10.3. The average Bonchev–Trinajstić information content (AvgIpc) is 2.76. The largest absolute Gasteiger partial charge is 0.436 e. The number of hydrogen-bond donors (Lipinski definition) is 1. The summed E-state index contributed by atoms with van der Waals surface area (Å²) in [7, 11) is 0. The van der Waals surface area contributed by atoms with Gasteiger partial charge in [-0.05, 0) is 12.1 Å². The van der Waals surface area contributed by atoms with Crippen LogP contribution in [0.25, 0.3) is 11.1 Å². The molecule has 1 atom stereocenters. The van der Waals surface area contributed by atoms with Gasteiger partial charge in [0.25, 0.3) is 0 Å². The molecule has 1 aromatic carbocycles. The van der Waals surface area contributed by atoms with Crippen molar-refractivity contribution in [1.82, 2.24) is 10.3 Å². The maximum atomic E-state index is 13.4. The summed E-state index contributed by atoms with van der Waals surface area (Å²) < 4.78 is 24.1. The standard InChI is InChI=1S/C11H11FN2O2/c12-7-2-1-3-8-10(7)16-11(14-8)9-6-15-5-4-13-9/h1-3,9,13H,4-6H2. The van der Waals surface area contributed by atoms with Gasteiger partial charge in [0.1, 0.15) is 11.6 Å². The van der Waals surface area contributed by atoms with Crippen molar-refractivity contribution in [2.24, 2.45) is 0 Å². The Bertz CT molecular complexity index is 506. The highest BCUT2D eigenvalue weighted by Gasteiger charge is 2.21. The Hall–Kier alpha value is -1.46. The van der Waals surface area contributed by atoms with Crippen LogP contribution in [0.4, 0.5) is 4.39 Å². The third-order valence-electron chi connectivity index (χ3n) is 2.60. The van der Waals surface area contributed by atoms with E-state index in [0.717, 1.165) is 6.54 Å². The van der Waals surface area contributed by atoms with Gasteiger partial charge in [-0.3, -0.25) is 0 Å². The van der Waals surface area contributed by atoms with Crippen LogP contribution in [0.2, 0.25) is 0 Å². The number of oxazole rings is 1. The third kappa shape index (κ3) is 1.58. The third-order valence-corrected chi connectivity index (χ3v) is 2.60. The zero-order chi connectivity index (χ0) is 11.0. The molecular formula is C11H11FN2O2. The molecule has 1 saturated heterocycles. The Balaban J connectivity index is 2.01. The van der Waals surface area contributed by atoms with Gasteiger partial charge >= 0.3 is 0 Å². The first-order chi connectivity index (χ1) is 7.84. The molecule has 1 N–H and O–H groups in total. The molecule has 16 heavy (non-hydrogen) atoms. The lowest BCUT2D eigenvalue weighted by Gasteiger charge is -2.20. The minimum atomic E-state index is -0.382. The van der Waals surface area contributed by atoms with Crippen LogP contribution in [0.3, 0.4) is 0 Å². The molecule has 0 radical (unpaired) electrons. The predicted molar refractivity (Wildman–Crippen MR) is 55.5 cm³/mol. The number of ether oxygens (including phenoxy) is 1. The molecule has 2 heterocycles. The van der Waals surface area contributed by atoms with Crippen LogP contribution in [0.5, 0.6) is 0 Å². The molecule has 0 bridgehead atoms. The second-order valence-electron chi connectivity index (χ2n) is 3.72. The maximum Gasteiger partial charge on any atom is 0.215 e. The SMILES string of the molecule is Fc1cccc2nc(C3COCCN3)oc12. The molecule has 0 aliphatic carbocycles. The molecule has 0 amide bonds. The minimum absolute atomic E-state index is 0.0828. The van der Waals surface area contributed by atoms with Crippen molar-refractivity contribution in [3.05, 3.63) is 29.9 Å². The van der Waals surface area contributed by atoms with E-state index in [1.807, 2.05) is 0 Å². The summed E-state index contributed by atoms with van der Waals surface area (Å²) in [6.45, 7) is 1.95. The lowest BCUT2D eigenvalue weighted by Crippen LogP contribution is -2.34. The Labute approximate surface area is 91.4 Å². The number of nitrogens with one attached hydrogen (secondary N) is 1. The number of hydrogen-bond acceptors (Lipinski definition) is 4. The van der Waals surface area contributed by atoms with Crippen LogP contribution in [0.1, 0.15) is 11.9 Å². The summed E-state index contributed by atoms with van der Waals surface area (Å²) in [5, 5.41) is 3.21. The molecule has 1 aliphatic rings. The van der Waals surface area contributed by atoms with Gasteiger partial charge in [0.05, 0.1) is 13.2 Å². The van der Waals surface area contributed by atoms with Gasteiger partial charge in [0, 0.05) is 6.54 Å². The zero-order valence-electron chi connectivity index (χ0n) is 8.57. The van der Waals surface area contributed by atoms with E-state index in [-0.39, 0.29) is 17.4 Å². The second-order valence-corrected chi connectivity index (χ2v) is 3.72. The fraction of sp³-hybridized carbons (Fsp3) is 0.364.